The van der Waals surface area contributed by atoms with Gasteiger partial charge in [0, 0.05) is 19.1 Å². The maximum atomic E-state index is 10.8. The van der Waals surface area contributed by atoms with Crippen LogP contribution in [0, 0.1) is 11.8 Å². The molecule has 3 nitrogen and oxygen atoms in total. The van der Waals surface area contributed by atoms with Crippen molar-refractivity contribution in [3.05, 3.63) is 0 Å². The quantitative estimate of drug-likeness (QED) is 0.688. The van der Waals surface area contributed by atoms with Crippen LogP contribution in [0.2, 0.25) is 0 Å². The van der Waals surface area contributed by atoms with Gasteiger partial charge in [-0.1, -0.05) is 6.92 Å². The van der Waals surface area contributed by atoms with Crippen LogP contribution < -0.4 is 0 Å². The number of rotatable bonds is 5. The number of carbonyl (C=O) groups excluding carboxylic acids is 1. The van der Waals surface area contributed by atoms with Gasteiger partial charge in [0.25, 0.3) is 0 Å². The average Bonchev–Trinajstić information content (AvgIpc) is 2.52. The Labute approximate surface area is 105 Å². The Bertz CT molecular complexity index is 267. The number of ketones is 1. The van der Waals surface area contributed by atoms with Crippen LogP contribution >= 0.6 is 0 Å². The Morgan fingerprint density at radius 2 is 2.18 bits per heavy atom. The Morgan fingerprint density at radius 1 is 1.35 bits per heavy atom. The first-order valence-corrected chi connectivity index (χ1v) is 6.96. The summed E-state index contributed by atoms with van der Waals surface area (Å²) in [6.45, 7) is 7.20. The van der Waals surface area contributed by atoms with Gasteiger partial charge in [-0.25, -0.2) is 0 Å². The first-order valence-electron chi connectivity index (χ1n) is 6.96. The van der Waals surface area contributed by atoms with Crippen LogP contribution in [0.1, 0.15) is 39.5 Å². The molecule has 0 amide bonds. The average molecular weight is 239 g/mol. The lowest BCUT2D eigenvalue weighted by Gasteiger charge is -2.36. The number of fused-ring (bicyclic) bond motifs is 4. The SMILES string of the molecule is CC(=O)COCCN1CC2CCC1CC(C)C2. The van der Waals surface area contributed by atoms with Crippen LogP contribution in [0.15, 0.2) is 0 Å². The Kier molecular flexibility index (Phi) is 4.57. The number of piperidine rings is 1. The fraction of sp³-hybridized carbons (Fsp3) is 0.929. The maximum absolute atomic E-state index is 10.8. The molecule has 0 aromatic carbocycles. The zero-order valence-corrected chi connectivity index (χ0v) is 11.2. The fourth-order valence-corrected chi connectivity index (χ4v) is 3.44. The first kappa shape index (κ1) is 13.0. The van der Waals surface area contributed by atoms with E-state index in [2.05, 4.69) is 11.8 Å². The van der Waals surface area contributed by atoms with Crippen molar-refractivity contribution in [3.8, 4) is 0 Å². The molecule has 2 aliphatic heterocycles. The van der Waals surface area contributed by atoms with Gasteiger partial charge in [-0.3, -0.25) is 9.69 Å². The molecule has 2 heterocycles. The standard InChI is InChI=1S/C14H25NO2/c1-11-7-13-3-4-14(8-11)15(9-13)5-6-17-10-12(2)16/h11,13-14H,3-10H2,1-2H3. The smallest absolute Gasteiger partial charge is 0.155 e. The molecule has 3 fully saturated rings. The highest BCUT2D eigenvalue weighted by molar-refractivity contribution is 5.76. The molecule has 3 rings (SSSR count). The van der Waals surface area contributed by atoms with Crippen molar-refractivity contribution in [1.82, 2.24) is 4.90 Å². The highest BCUT2D eigenvalue weighted by atomic mass is 16.5. The lowest BCUT2D eigenvalue weighted by Crippen LogP contribution is -2.43. The van der Waals surface area contributed by atoms with Gasteiger partial charge in [-0.2, -0.15) is 0 Å². The molecule has 17 heavy (non-hydrogen) atoms. The highest BCUT2D eigenvalue weighted by Gasteiger charge is 2.33. The third-order valence-electron chi connectivity index (χ3n) is 4.16. The van der Waals surface area contributed by atoms with Crippen molar-refractivity contribution in [1.29, 1.82) is 0 Å². The normalized spacial score (nSPS) is 33.6. The summed E-state index contributed by atoms with van der Waals surface area (Å²) in [7, 11) is 0. The molecule has 1 saturated carbocycles. The molecule has 0 radical (unpaired) electrons. The van der Waals surface area contributed by atoms with Gasteiger partial charge in [0.2, 0.25) is 0 Å². The van der Waals surface area contributed by atoms with Gasteiger partial charge in [0.1, 0.15) is 6.61 Å². The number of carbonyl (C=O) groups is 1. The second-order valence-electron chi connectivity index (χ2n) is 5.92. The fourth-order valence-electron chi connectivity index (χ4n) is 3.44. The Balaban J connectivity index is 1.75. The molecule has 3 aliphatic rings. The maximum Gasteiger partial charge on any atom is 0.155 e. The third-order valence-corrected chi connectivity index (χ3v) is 4.16. The topological polar surface area (TPSA) is 29.5 Å². The summed E-state index contributed by atoms with van der Waals surface area (Å²) >= 11 is 0. The minimum absolute atomic E-state index is 0.121. The van der Waals surface area contributed by atoms with Crippen LogP contribution in [-0.4, -0.2) is 43.0 Å². The van der Waals surface area contributed by atoms with E-state index in [4.69, 9.17) is 4.74 Å². The summed E-state index contributed by atoms with van der Waals surface area (Å²) in [6, 6.07) is 0.768. The van der Waals surface area contributed by atoms with Gasteiger partial charge in [-0.15, -0.1) is 0 Å². The van der Waals surface area contributed by atoms with Crippen molar-refractivity contribution >= 4 is 5.78 Å². The molecule has 1 aliphatic carbocycles. The van der Waals surface area contributed by atoms with Gasteiger partial charge in [0.15, 0.2) is 5.78 Å². The third kappa shape index (κ3) is 3.78. The molecular formula is C14H25NO2. The van der Waals surface area contributed by atoms with E-state index in [0.717, 1.165) is 24.4 Å². The molecule has 2 bridgehead atoms. The highest BCUT2D eigenvalue weighted by Crippen LogP contribution is 2.35. The van der Waals surface area contributed by atoms with Crippen LogP contribution in [-0.2, 0) is 9.53 Å². The van der Waals surface area contributed by atoms with Crippen molar-refractivity contribution < 1.29 is 9.53 Å². The van der Waals surface area contributed by atoms with Crippen LogP contribution in [0.25, 0.3) is 0 Å². The van der Waals surface area contributed by atoms with Crippen molar-refractivity contribution in [2.45, 2.75) is 45.6 Å². The van der Waals surface area contributed by atoms with Gasteiger partial charge >= 0.3 is 0 Å². The minimum atomic E-state index is 0.121. The van der Waals surface area contributed by atoms with Gasteiger partial charge < -0.3 is 4.74 Å². The molecule has 0 aromatic rings. The van der Waals surface area contributed by atoms with Crippen molar-refractivity contribution in [2.24, 2.45) is 11.8 Å². The van der Waals surface area contributed by atoms with E-state index in [1.807, 2.05) is 0 Å². The minimum Gasteiger partial charge on any atom is -0.372 e. The van der Waals surface area contributed by atoms with Crippen LogP contribution in [0.5, 0.6) is 0 Å². The molecule has 2 saturated heterocycles. The largest absolute Gasteiger partial charge is 0.372 e. The summed E-state index contributed by atoms with van der Waals surface area (Å²) in [5.74, 6) is 1.91. The van der Waals surface area contributed by atoms with Crippen LogP contribution in [0.3, 0.4) is 0 Å². The van der Waals surface area contributed by atoms with Crippen molar-refractivity contribution in [2.75, 3.05) is 26.3 Å². The van der Waals surface area contributed by atoms with E-state index in [-0.39, 0.29) is 12.4 Å². The molecule has 3 heteroatoms. The summed E-state index contributed by atoms with van der Waals surface area (Å²) < 4.78 is 5.38. The lowest BCUT2D eigenvalue weighted by molar-refractivity contribution is -0.121. The van der Waals surface area contributed by atoms with Gasteiger partial charge in [0.05, 0.1) is 6.61 Å². The zero-order chi connectivity index (χ0) is 12.3. The Hall–Kier alpha value is -0.410. The number of Topliss-reactive ketones (excluding diaryl/α,β-unsaturated/α-hetero) is 1. The van der Waals surface area contributed by atoms with Gasteiger partial charge in [-0.05, 0) is 44.4 Å². The summed E-state index contributed by atoms with van der Waals surface area (Å²) in [5, 5.41) is 0. The molecule has 3 unspecified atom stereocenters. The molecular weight excluding hydrogens is 214 g/mol. The first-order chi connectivity index (χ1) is 8.15. The van der Waals surface area contributed by atoms with E-state index in [1.54, 1.807) is 6.92 Å². The number of nitrogens with zero attached hydrogens (tertiary/aromatic N) is 1. The van der Waals surface area contributed by atoms with Crippen molar-refractivity contribution in [3.63, 3.8) is 0 Å². The van der Waals surface area contributed by atoms with Crippen LogP contribution in [0.4, 0.5) is 0 Å². The lowest BCUT2D eigenvalue weighted by atomic mass is 9.94. The van der Waals surface area contributed by atoms with E-state index < -0.39 is 0 Å². The summed E-state index contributed by atoms with van der Waals surface area (Å²) in [6.07, 6.45) is 5.53. The Morgan fingerprint density at radius 3 is 2.94 bits per heavy atom. The number of ether oxygens (including phenoxy) is 1. The molecule has 0 aromatic heterocycles. The predicted molar refractivity (Wildman–Crippen MR) is 68.0 cm³/mol. The molecule has 0 spiro atoms. The number of hydrogen-bond donors (Lipinski definition) is 0. The summed E-state index contributed by atoms with van der Waals surface area (Å²) in [5.41, 5.74) is 0. The second-order valence-corrected chi connectivity index (χ2v) is 5.92. The van der Waals surface area contributed by atoms with E-state index in [9.17, 15) is 4.79 Å². The molecule has 3 atom stereocenters. The zero-order valence-electron chi connectivity index (χ0n) is 11.2. The second kappa shape index (κ2) is 5.96. The van der Waals surface area contributed by atoms with E-state index in [0.29, 0.717) is 6.61 Å². The van der Waals surface area contributed by atoms with E-state index in [1.165, 1.54) is 32.2 Å². The molecule has 0 N–H and O–H groups in total. The number of hydrogen-bond acceptors (Lipinski definition) is 3. The molecule has 98 valence electrons. The summed E-state index contributed by atoms with van der Waals surface area (Å²) in [4.78, 5) is 13.4. The van der Waals surface area contributed by atoms with E-state index >= 15 is 0 Å². The predicted octanol–water partition coefficient (Wildman–Crippen LogP) is 2.10. The monoisotopic (exact) mass is 239 g/mol.